The number of anilines is 1. The van der Waals surface area contributed by atoms with Crippen molar-refractivity contribution in [2.45, 2.75) is 13.0 Å². The van der Waals surface area contributed by atoms with Crippen LogP contribution in [0.3, 0.4) is 0 Å². The van der Waals surface area contributed by atoms with Crippen molar-refractivity contribution < 1.29 is 4.74 Å². The minimum Gasteiger partial charge on any atom is -0.495 e. The van der Waals surface area contributed by atoms with E-state index in [9.17, 15) is 0 Å². The Labute approximate surface area is 91.0 Å². The second-order valence-electron chi connectivity index (χ2n) is 4.08. The topological polar surface area (TPSA) is 24.5 Å². The summed E-state index contributed by atoms with van der Waals surface area (Å²) in [7, 11) is 5.85. The highest BCUT2D eigenvalue weighted by molar-refractivity contribution is 5.66. The molecule has 1 heterocycles. The SMILES string of the molecule is COc1ccc2c(c1N(C)C)CNCC2. The second kappa shape index (κ2) is 4.11. The summed E-state index contributed by atoms with van der Waals surface area (Å²) in [6.45, 7) is 2.02. The van der Waals surface area contributed by atoms with Crippen LogP contribution in [0.2, 0.25) is 0 Å². The van der Waals surface area contributed by atoms with E-state index in [0.29, 0.717) is 0 Å². The lowest BCUT2D eigenvalue weighted by Gasteiger charge is -2.26. The first-order chi connectivity index (χ1) is 7.24. The number of methoxy groups -OCH3 is 1. The molecule has 1 aromatic rings. The molecule has 2 rings (SSSR count). The molecule has 0 aliphatic carbocycles. The Balaban J connectivity index is 2.54. The molecule has 0 atom stereocenters. The number of hydrogen-bond donors (Lipinski definition) is 1. The van der Waals surface area contributed by atoms with Crippen molar-refractivity contribution in [1.82, 2.24) is 5.32 Å². The largest absolute Gasteiger partial charge is 0.495 e. The van der Waals surface area contributed by atoms with Crippen LogP contribution >= 0.6 is 0 Å². The van der Waals surface area contributed by atoms with Crippen LogP contribution in [-0.2, 0) is 13.0 Å². The third kappa shape index (κ3) is 1.79. The van der Waals surface area contributed by atoms with E-state index in [1.165, 1.54) is 16.8 Å². The Morgan fingerprint density at radius 3 is 2.80 bits per heavy atom. The molecule has 1 aliphatic heterocycles. The van der Waals surface area contributed by atoms with Crippen LogP contribution in [0.4, 0.5) is 5.69 Å². The van der Waals surface area contributed by atoms with Crippen LogP contribution in [0, 0.1) is 0 Å². The smallest absolute Gasteiger partial charge is 0.142 e. The summed E-state index contributed by atoms with van der Waals surface area (Å²) in [6.07, 6.45) is 1.11. The van der Waals surface area contributed by atoms with Crippen molar-refractivity contribution in [2.75, 3.05) is 32.6 Å². The summed E-state index contributed by atoms with van der Waals surface area (Å²) in [6, 6.07) is 4.25. The van der Waals surface area contributed by atoms with Crippen molar-refractivity contribution in [3.8, 4) is 5.75 Å². The summed E-state index contributed by atoms with van der Waals surface area (Å²) in [4.78, 5) is 2.13. The van der Waals surface area contributed by atoms with Crippen molar-refractivity contribution in [1.29, 1.82) is 0 Å². The molecule has 0 saturated carbocycles. The van der Waals surface area contributed by atoms with Crippen molar-refractivity contribution in [2.24, 2.45) is 0 Å². The number of ether oxygens (including phenoxy) is 1. The van der Waals surface area contributed by atoms with E-state index in [2.05, 4.69) is 36.4 Å². The average Bonchev–Trinajstić information content (AvgIpc) is 2.27. The van der Waals surface area contributed by atoms with Crippen molar-refractivity contribution >= 4 is 5.69 Å². The van der Waals surface area contributed by atoms with E-state index in [1.807, 2.05) is 0 Å². The van der Waals surface area contributed by atoms with Crippen LogP contribution in [0.1, 0.15) is 11.1 Å². The normalized spacial score (nSPS) is 14.6. The fourth-order valence-electron chi connectivity index (χ4n) is 2.18. The molecule has 82 valence electrons. The Morgan fingerprint density at radius 2 is 2.13 bits per heavy atom. The Kier molecular flexibility index (Phi) is 2.82. The van der Waals surface area contributed by atoms with Gasteiger partial charge in [0.15, 0.2) is 0 Å². The van der Waals surface area contributed by atoms with Crippen molar-refractivity contribution in [3.63, 3.8) is 0 Å². The standard InChI is InChI=1S/C12H18N2O/c1-14(2)12-10-8-13-7-6-9(10)4-5-11(12)15-3/h4-5,13H,6-8H2,1-3H3. The Hall–Kier alpha value is -1.22. The first-order valence-corrected chi connectivity index (χ1v) is 5.31. The molecule has 0 amide bonds. The van der Waals surface area contributed by atoms with Gasteiger partial charge in [0.1, 0.15) is 5.75 Å². The molecule has 15 heavy (non-hydrogen) atoms. The zero-order valence-corrected chi connectivity index (χ0v) is 9.63. The molecular weight excluding hydrogens is 188 g/mol. The maximum absolute atomic E-state index is 5.40. The van der Waals surface area contributed by atoms with E-state index < -0.39 is 0 Å². The van der Waals surface area contributed by atoms with Gasteiger partial charge < -0.3 is 15.0 Å². The van der Waals surface area contributed by atoms with Gasteiger partial charge in [-0.15, -0.1) is 0 Å². The number of nitrogens with zero attached hydrogens (tertiary/aromatic N) is 1. The summed E-state index contributed by atoms with van der Waals surface area (Å²) < 4.78 is 5.40. The summed E-state index contributed by atoms with van der Waals surface area (Å²) >= 11 is 0. The number of fused-ring (bicyclic) bond motifs is 1. The number of benzene rings is 1. The molecule has 3 heteroatoms. The van der Waals surface area contributed by atoms with Gasteiger partial charge in [0.25, 0.3) is 0 Å². The van der Waals surface area contributed by atoms with Gasteiger partial charge in [0.05, 0.1) is 12.8 Å². The maximum atomic E-state index is 5.40. The fourth-order valence-corrected chi connectivity index (χ4v) is 2.18. The third-order valence-electron chi connectivity index (χ3n) is 2.88. The fraction of sp³-hybridized carbons (Fsp3) is 0.500. The monoisotopic (exact) mass is 206 g/mol. The molecular formula is C12H18N2O. The number of nitrogens with one attached hydrogen (secondary N) is 1. The predicted molar refractivity (Wildman–Crippen MR) is 62.7 cm³/mol. The van der Waals surface area contributed by atoms with Gasteiger partial charge in [0, 0.05) is 20.6 Å². The minimum atomic E-state index is 0.944. The van der Waals surface area contributed by atoms with Gasteiger partial charge in [-0.3, -0.25) is 0 Å². The van der Waals surface area contributed by atoms with E-state index in [-0.39, 0.29) is 0 Å². The Morgan fingerprint density at radius 1 is 1.33 bits per heavy atom. The average molecular weight is 206 g/mol. The van der Waals surface area contributed by atoms with Gasteiger partial charge in [-0.1, -0.05) is 6.07 Å². The molecule has 0 fully saturated rings. The molecule has 0 bridgehead atoms. The minimum absolute atomic E-state index is 0.944. The molecule has 0 aromatic heterocycles. The zero-order valence-electron chi connectivity index (χ0n) is 9.63. The van der Waals surface area contributed by atoms with E-state index in [1.54, 1.807) is 7.11 Å². The Bertz CT molecular complexity index is 361. The van der Waals surface area contributed by atoms with Crippen LogP contribution in [0.25, 0.3) is 0 Å². The van der Waals surface area contributed by atoms with Gasteiger partial charge in [0.2, 0.25) is 0 Å². The quantitative estimate of drug-likeness (QED) is 0.791. The van der Waals surface area contributed by atoms with E-state index in [0.717, 1.165) is 25.3 Å². The lowest BCUT2D eigenvalue weighted by atomic mass is 9.98. The van der Waals surface area contributed by atoms with Gasteiger partial charge in [-0.05, 0) is 30.2 Å². The molecule has 0 radical (unpaired) electrons. The van der Waals surface area contributed by atoms with E-state index >= 15 is 0 Å². The van der Waals surface area contributed by atoms with Crippen molar-refractivity contribution in [3.05, 3.63) is 23.3 Å². The summed E-state index contributed by atoms with van der Waals surface area (Å²) in [5.41, 5.74) is 4.03. The molecule has 1 aliphatic rings. The number of hydrogen-bond acceptors (Lipinski definition) is 3. The first-order valence-electron chi connectivity index (χ1n) is 5.31. The van der Waals surface area contributed by atoms with Gasteiger partial charge in [-0.2, -0.15) is 0 Å². The molecule has 0 spiro atoms. The molecule has 0 saturated heterocycles. The maximum Gasteiger partial charge on any atom is 0.142 e. The lowest BCUT2D eigenvalue weighted by Crippen LogP contribution is -2.26. The van der Waals surface area contributed by atoms with Crippen LogP contribution in [0.15, 0.2) is 12.1 Å². The van der Waals surface area contributed by atoms with Crippen LogP contribution < -0.4 is 15.0 Å². The third-order valence-corrected chi connectivity index (χ3v) is 2.88. The highest BCUT2D eigenvalue weighted by atomic mass is 16.5. The lowest BCUT2D eigenvalue weighted by molar-refractivity contribution is 0.414. The molecule has 3 nitrogen and oxygen atoms in total. The first kappa shape index (κ1) is 10.3. The zero-order chi connectivity index (χ0) is 10.8. The summed E-state index contributed by atoms with van der Waals surface area (Å²) in [5, 5.41) is 3.41. The number of rotatable bonds is 2. The van der Waals surface area contributed by atoms with Crippen LogP contribution in [-0.4, -0.2) is 27.7 Å². The van der Waals surface area contributed by atoms with E-state index in [4.69, 9.17) is 4.74 Å². The molecule has 0 unspecified atom stereocenters. The van der Waals surface area contributed by atoms with Gasteiger partial charge in [-0.25, -0.2) is 0 Å². The molecule has 1 aromatic carbocycles. The summed E-state index contributed by atoms with van der Waals surface area (Å²) in [5.74, 6) is 0.961. The second-order valence-corrected chi connectivity index (χ2v) is 4.08. The highest BCUT2D eigenvalue weighted by Gasteiger charge is 2.17. The molecule has 1 N–H and O–H groups in total. The highest BCUT2D eigenvalue weighted by Crippen LogP contribution is 2.34. The van der Waals surface area contributed by atoms with Gasteiger partial charge >= 0.3 is 0 Å². The predicted octanol–water partition coefficient (Wildman–Crippen LogP) is 1.41. The van der Waals surface area contributed by atoms with Crippen LogP contribution in [0.5, 0.6) is 5.75 Å².